The molecule has 7 heteroatoms. The first-order valence-corrected chi connectivity index (χ1v) is 14.1. The van der Waals surface area contributed by atoms with E-state index in [4.69, 9.17) is 4.74 Å². The summed E-state index contributed by atoms with van der Waals surface area (Å²) in [7, 11) is 0. The van der Waals surface area contributed by atoms with Gasteiger partial charge >= 0.3 is 6.09 Å². The lowest BCUT2D eigenvalue weighted by molar-refractivity contribution is -0.144. The first-order valence-electron chi connectivity index (χ1n) is 14.1. The van der Waals surface area contributed by atoms with Gasteiger partial charge in [-0.25, -0.2) is 4.79 Å². The number of rotatable bonds is 10. The third kappa shape index (κ3) is 8.93. The van der Waals surface area contributed by atoms with Crippen molar-refractivity contribution in [1.82, 2.24) is 15.5 Å². The molecule has 0 bridgehead atoms. The summed E-state index contributed by atoms with van der Waals surface area (Å²) in [5.74, 6) is -0.657. The van der Waals surface area contributed by atoms with Gasteiger partial charge in [-0.05, 0) is 76.3 Å². The highest BCUT2D eigenvalue weighted by atomic mass is 16.6. The Morgan fingerprint density at radius 1 is 0.829 bits per heavy atom. The summed E-state index contributed by atoms with van der Waals surface area (Å²) in [6.07, 6.45) is -0.444. The standard InChI is InChI=1S/C34H43N3O4/c1-23(2)37(32(39)29(21-26-16-10-8-11-17-26)36-33(40)41-34(5,6)7)30(28-20-14-15-24(3)25(28)4)31(38)35-22-27-18-12-9-13-19-27/h8-20,23,29-30H,21-22H2,1-7H3,(H,35,38)(H,36,40). The van der Waals surface area contributed by atoms with Gasteiger partial charge < -0.3 is 20.3 Å². The van der Waals surface area contributed by atoms with Crippen molar-refractivity contribution in [1.29, 1.82) is 0 Å². The Bertz CT molecular complexity index is 1320. The number of hydrogen-bond acceptors (Lipinski definition) is 4. The van der Waals surface area contributed by atoms with E-state index in [-0.39, 0.29) is 24.3 Å². The van der Waals surface area contributed by atoms with Crippen LogP contribution in [0, 0.1) is 13.8 Å². The highest BCUT2D eigenvalue weighted by Gasteiger charge is 2.38. The molecule has 0 aliphatic rings. The third-order valence-electron chi connectivity index (χ3n) is 6.86. The van der Waals surface area contributed by atoms with Gasteiger partial charge in [0.05, 0.1) is 0 Å². The van der Waals surface area contributed by atoms with Crippen LogP contribution in [0.4, 0.5) is 4.79 Å². The zero-order valence-corrected chi connectivity index (χ0v) is 25.2. The van der Waals surface area contributed by atoms with Crippen molar-refractivity contribution in [2.24, 2.45) is 0 Å². The molecule has 0 aliphatic carbocycles. The maximum absolute atomic E-state index is 14.5. The number of ether oxygens (including phenoxy) is 1. The summed E-state index contributed by atoms with van der Waals surface area (Å²) in [5, 5.41) is 5.85. The molecule has 2 atom stereocenters. The zero-order valence-electron chi connectivity index (χ0n) is 25.2. The fraction of sp³-hybridized carbons (Fsp3) is 0.382. The summed E-state index contributed by atoms with van der Waals surface area (Å²) in [4.78, 5) is 43.0. The minimum Gasteiger partial charge on any atom is -0.444 e. The van der Waals surface area contributed by atoms with Crippen LogP contribution in [0.2, 0.25) is 0 Å². The van der Waals surface area contributed by atoms with Crippen LogP contribution < -0.4 is 10.6 Å². The van der Waals surface area contributed by atoms with E-state index in [1.165, 1.54) is 0 Å². The molecule has 0 saturated carbocycles. The molecule has 0 fully saturated rings. The number of nitrogens with one attached hydrogen (secondary N) is 2. The van der Waals surface area contributed by atoms with E-state index in [0.717, 1.165) is 27.8 Å². The van der Waals surface area contributed by atoms with Crippen molar-refractivity contribution in [2.75, 3.05) is 0 Å². The SMILES string of the molecule is Cc1cccc(C(C(=O)NCc2ccccc2)N(C(=O)C(Cc2ccccc2)NC(=O)OC(C)(C)C)C(C)C)c1C. The van der Waals surface area contributed by atoms with Crippen LogP contribution in [0.5, 0.6) is 0 Å². The maximum Gasteiger partial charge on any atom is 0.408 e. The quantitative estimate of drug-likeness (QED) is 0.318. The fourth-order valence-electron chi connectivity index (χ4n) is 4.73. The lowest BCUT2D eigenvalue weighted by atomic mass is 9.93. The van der Waals surface area contributed by atoms with Gasteiger partial charge in [0, 0.05) is 19.0 Å². The predicted molar refractivity (Wildman–Crippen MR) is 162 cm³/mol. The van der Waals surface area contributed by atoms with Crippen molar-refractivity contribution in [3.8, 4) is 0 Å². The number of carbonyl (C=O) groups is 3. The number of hydrogen-bond donors (Lipinski definition) is 2. The molecule has 3 rings (SSSR count). The van der Waals surface area contributed by atoms with Gasteiger partial charge in [-0.15, -0.1) is 0 Å². The van der Waals surface area contributed by atoms with E-state index in [1.807, 2.05) is 107 Å². The van der Waals surface area contributed by atoms with Crippen molar-refractivity contribution in [3.63, 3.8) is 0 Å². The molecular formula is C34H43N3O4. The van der Waals surface area contributed by atoms with Crippen LogP contribution in [-0.4, -0.2) is 40.5 Å². The van der Waals surface area contributed by atoms with Crippen LogP contribution in [0.1, 0.15) is 68.5 Å². The molecule has 0 saturated heterocycles. The van der Waals surface area contributed by atoms with Gasteiger partial charge in [0.2, 0.25) is 11.8 Å². The molecule has 41 heavy (non-hydrogen) atoms. The first kappa shape index (κ1) is 31.4. The van der Waals surface area contributed by atoms with Crippen molar-refractivity contribution >= 4 is 17.9 Å². The first-order chi connectivity index (χ1) is 19.4. The molecule has 2 N–H and O–H groups in total. The van der Waals surface area contributed by atoms with Crippen LogP contribution in [0.25, 0.3) is 0 Å². The summed E-state index contributed by atoms with van der Waals surface area (Å²) in [6.45, 7) is 13.4. The molecule has 3 aromatic rings. The molecule has 2 unspecified atom stereocenters. The fourth-order valence-corrected chi connectivity index (χ4v) is 4.73. The Balaban J connectivity index is 2.04. The van der Waals surface area contributed by atoms with Crippen molar-refractivity contribution in [3.05, 3.63) is 107 Å². The smallest absolute Gasteiger partial charge is 0.408 e. The average molecular weight is 558 g/mol. The van der Waals surface area contributed by atoms with Gasteiger partial charge in [-0.3, -0.25) is 9.59 Å². The largest absolute Gasteiger partial charge is 0.444 e. The van der Waals surface area contributed by atoms with Gasteiger partial charge in [0.1, 0.15) is 17.7 Å². The predicted octanol–water partition coefficient (Wildman–Crippen LogP) is 6.03. The van der Waals surface area contributed by atoms with Crippen LogP contribution in [0.15, 0.2) is 78.9 Å². The van der Waals surface area contributed by atoms with E-state index in [9.17, 15) is 14.4 Å². The Morgan fingerprint density at radius 3 is 1.98 bits per heavy atom. The Morgan fingerprint density at radius 2 is 1.41 bits per heavy atom. The normalized spacial score (nSPS) is 12.8. The summed E-state index contributed by atoms with van der Waals surface area (Å²) in [6, 6.07) is 22.7. The van der Waals surface area contributed by atoms with E-state index >= 15 is 0 Å². The molecule has 218 valence electrons. The van der Waals surface area contributed by atoms with Gasteiger partial charge in [0.25, 0.3) is 0 Å². The van der Waals surface area contributed by atoms with Crippen LogP contribution in [-0.2, 0) is 27.3 Å². The van der Waals surface area contributed by atoms with E-state index < -0.39 is 23.8 Å². The topological polar surface area (TPSA) is 87.7 Å². The van der Waals surface area contributed by atoms with E-state index in [1.54, 1.807) is 25.7 Å². The van der Waals surface area contributed by atoms with E-state index in [0.29, 0.717) is 6.54 Å². The molecule has 0 spiro atoms. The molecule has 0 heterocycles. The third-order valence-corrected chi connectivity index (χ3v) is 6.86. The number of nitrogens with zero attached hydrogens (tertiary/aromatic N) is 1. The van der Waals surface area contributed by atoms with Gasteiger partial charge in [-0.2, -0.15) is 0 Å². The maximum atomic E-state index is 14.5. The second-order valence-electron chi connectivity index (χ2n) is 11.6. The molecule has 7 nitrogen and oxygen atoms in total. The van der Waals surface area contributed by atoms with Gasteiger partial charge in [-0.1, -0.05) is 78.9 Å². The molecule has 0 aromatic heterocycles. The molecule has 3 amide bonds. The number of carbonyl (C=O) groups excluding carboxylic acids is 3. The number of amides is 3. The summed E-state index contributed by atoms with van der Waals surface area (Å²) in [5.41, 5.74) is 3.80. The molecular weight excluding hydrogens is 514 g/mol. The molecule has 3 aromatic carbocycles. The van der Waals surface area contributed by atoms with Crippen molar-refractivity contribution in [2.45, 2.75) is 85.2 Å². The van der Waals surface area contributed by atoms with Crippen LogP contribution >= 0.6 is 0 Å². The van der Waals surface area contributed by atoms with Crippen LogP contribution in [0.3, 0.4) is 0 Å². The Labute approximate surface area is 244 Å². The zero-order chi connectivity index (χ0) is 30.2. The minimum atomic E-state index is -0.954. The van der Waals surface area contributed by atoms with E-state index in [2.05, 4.69) is 10.6 Å². The second-order valence-corrected chi connectivity index (χ2v) is 11.6. The molecule has 0 aliphatic heterocycles. The average Bonchev–Trinajstić information content (AvgIpc) is 2.91. The lowest BCUT2D eigenvalue weighted by Gasteiger charge is -2.38. The van der Waals surface area contributed by atoms with Gasteiger partial charge in [0.15, 0.2) is 0 Å². The Hall–Kier alpha value is -4.13. The van der Waals surface area contributed by atoms with Crippen molar-refractivity contribution < 1.29 is 19.1 Å². The Kier molecular flexibility index (Phi) is 10.7. The highest BCUT2D eigenvalue weighted by molar-refractivity contribution is 5.92. The monoisotopic (exact) mass is 557 g/mol. The summed E-state index contributed by atoms with van der Waals surface area (Å²) >= 11 is 0. The molecule has 0 radical (unpaired) electrons. The summed E-state index contributed by atoms with van der Waals surface area (Å²) < 4.78 is 5.51. The lowest BCUT2D eigenvalue weighted by Crippen LogP contribution is -2.55. The minimum absolute atomic E-state index is 0.243. The number of aryl methyl sites for hydroxylation is 1. The number of benzene rings is 3. The highest BCUT2D eigenvalue weighted by Crippen LogP contribution is 2.29. The number of alkyl carbamates (subject to hydrolysis) is 1. The second kappa shape index (κ2) is 14.0.